The first-order chi connectivity index (χ1) is 12.4. The summed E-state index contributed by atoms with van der Waals surface area (Å²) in [5.41, 5.74) is 1.88. The fourth-order valence-corrected chi connectivity index (χ4v) is 3.20. The molecule has 2 aromatic carbocycles. The third-order valence-electron chi connectivity index (χ3n) is 3.49. The summed E-state index contributed by atoms with van der Waals surface area (Å²) < 4.78 is 41.8. The van der Waals surface area contributed by atoms with Gasteiger partial charge >= 0.3 is 6.18 Å². The standard InChI is InChI=1S/C18H15F3N2O2S/c19-18(20,21)11-25-10-12-5-7-13(8-6-12)17(24)22-9-16-23-14-3-1-2-4-15(14)26-16/h1-8H,9-11H2,(H,22,24). The van der Waals surface area contributed by atoms with E-state index >= 15 is 0 Å². The summed E-state index contributed by atoms with van der Waals surface area (Å²) >= 11 is 1.51. The van der Waals surface area contributed by atoms with Gasteiger partial charge in [-0.2, -0.15) is 13.2 Å². The third-order valence-corrected chi connectivity index (χ3v) is 4.53. The van der Waals surface area contributed by atoms with Gasteiger partial charge in [0.2, 0.25) is 0 Å². The number of nitrogens with zero attached hydrogens (tertiary/aromatic N) is 1. The molecule has 3 aromatic rings. The number of hydrogen-bond donors (Lipinski definition) is 1. The molecular weight excluding hydrogens is 365 g/mol. The molecule has 0 fully saturated rings. The van der Waals surface area contributed by atoms with Crippen LogP contribution in [0.3, 0.4) is 0 Å². The first-order valence-electron chi connectivity index (χ1n) is 7.77. The van der Waals surface area contributed by atoms with Crippen molar-refractivity contribution in [3.05, 3.63) is 64.7 Å². The lowest BCUT2D eigenvalue weighted by molar-refractivity contribution is -0.176. The highest BCUT2D eigenvalue weighted by molar-refractivity contribution is 7.18. The molecule has 0 saturated carbocycles. The maximum absolute atomic E-state index is 12.2. The minimum atomic E-state index is -4.35. The molecule has 0 saturated heterocycles. The first kappa shape index (κ1) is 18.3. The van der Waals surface area contributed by atoms with Crippen molar-refractivity contribution in [2.24, 2.45) is 0 Å². The van der Waals surface area contributed by atoms with Gasteiger partial charge in [0, 0.05) is 5.56 Å². The monoisotopic (exact) mass is 380 g/mol. The van der Waals surface area contributed by atoms with Crippen LogP contribution in [0, 0.1) is 0 Å². The zero-order valence-corrected chi connectivity index (χ0v) is 14.4. The highest BCUT2D eigenvalue weighted by Crippen LogP contribution is 2.21. The van der Waals surface area contributed by atoms with E-state index in [2.05, 4.69) is 15.0 Å². The van der Waals surface area contributed by atoms with Gasteiger partial charge in [0.05, 0.1) is 23.4 Å². The lowest BCUT2D eigenvalue weighted by Crippen LogP contribution is -2.22. The van der Waals surface area contributed by atoms with Crippen LogP contribution >= 0.6 is 11.3 Å². The van der Waals surface area contributed by atoms with E-state index in [4.69, 9.17) is 0 Å². The van der Waals surface area contributed by atoms with Gasteiger partial charge in [-0.05, 0) is 29.8 Å². The van der Waals surface area contributed by atoms with Gasteiger partial charge in [0.25, 0.3) is 5.91 Å². The number of nitrogens with one attached hydrogen (secondary N) is 1. The molecular formula is C18H15F3N2O2S. The molecule has 0 aliphatic rings. The van der Waals surface area contributed by atoms with Crippen LogP contribution < -0.4 is 5.32 Å². The van der Waals surface area contributed by atoms with E-state index in [-0.39, 0.29) is 12.5 Å². The van der Waals surface area contributed by atoms with Crippen LogP contribution in [-0.4, -0.2) is 23.7 Å². The second-order valence-electron chi connectivity index (χ2n) is 5.56. The molecule has 0 radical (unpaired) electrons. The summed E-state index contributed by atoms with van der Waals surface area (Å²) in [7, 11) is 0. The number of ether oxygens (including phenoxy) is 1. The maximum atomic E-state index is 12.2. The number of thiazole rings is 1. The summed E-state index contributed by atoms with van der Waals surface area (Å²) in [6.45, 7) is -1.14. The molecule has 1 N–H and O–H groups in total. The molecule has 0 aliphatic heterocycles. The third kappa shape index (κ3) is 5.03. The summed E-state index contributed by atoms with van der Waals surface area (Å²) in [6, 6.07) is 14.0. The van der Waals surface area contributed by atoms with Crippen LogP contribution in [-0.2, 0) is 17.9 Å². The number of carbonyl (C=O) groups excluding carboxylic acids is 1. The molecule has 0 bridgehead atoms. The average Bonchev–Trinajstić information content (AvgIpc) is 3.02. The van der Waals surface area contributed by atoms with Crippen molar-refractivity contribution in [3.8, 4) is 0 Å². The molecule has 0 spiro atoms. The number of rotatable bonds is 6. The minimum Gasteiger partial charge on any atom is -0.367 e. The average molecular weight is 380 g/mol. The van der Waals surface area contributed by atoms with E-state index in [1.54, 1.807) is 24.3 Å². The predicted octanol–water partition coefficient (Wildman–Crippen LogP) is 4.31. The zero-order valence-electron chi connectivity index (χ0n) is 13.5. The molecule has 1 heterocycles. The summed E-state index contributed by atoms with van der Waals surface area (Å²) in [6.07, 6.45) is -4.35. The second-order valence-corrected chi connectivity index (χ2v) is 6.68. The van der Waals surface area contributed by atoms with Gasteiger partial charge in [0.15, 0.2) is 0 Å². The Morgan fingerprint density at radius 2 is 1.85 bits per heavy atom. The topological polar surface area (TPSA) is 51.2 Å². The molecule has 0 atom stereocenters. The fourth-order valence-electron chi connectivity index (χ4n) is 2.29. The number of para-hydroxylation sites is 1. The van der Waals surface area contributed by atoms with E-state index in [0.29, 0.717) is 17.7 Å². The van der Waals surface area contributed by atoms with Crippen molar-refractivity contribution in [3.63, 3.8) is 0 Å². The van der Waals surface area contributed by atoms with Gasteiger partial charge < -0.3 is 10.1 Å². The smallest absolute Gasteiger partial charge is 0.367 e. The van der Waals surface area contributed by atoms with Crippen molar-refractivity contribution in [2.45, 2.75) is 19.3 Å². The van der Waals surface area contributed by atoms with E-state index < -0.39 is 12.8 Å². The Hall–Kier alpha value is -2.45. The van der Waals surface area contributed by atoms with E-state index in [1.807, 2.05) is 24.3 Å². The number of alkyl halides is 3. The van der Waals surface area contributed by atoms with E-state index in [0.717, 1.165) is 15.2 Å². The SMILES string of the molecule is O=C(NCc1nc2ccccc2s1)c1ccc(COCC(F)(F)F)cc1. The number of amides is 1. The lowest BCUT2D eigenvalue weighted by atomic mass is 10.1. The molecule has 0 unspecified atom stereocenters. The van der Waals surface area contributed by atoms with Crippen molar-refractivity contribution >= 4 is 27.5 Å². The Balaban J connectivity index is 1.52. The van der Waals surface area contributed by atoms with Gasteiger partial charge in [-0.3, -0.25) is 4.79 Å². The Labute approximate surface area is 151 Å². The molecule has 136 valence electrons. The highest BCUT2D eigenvalue weighted by Gasteiger charge is 2.27. The highest BCUT2D eigenvalue weighted by atomic mass is 32.1. The van der Waals surface area contributed by atoms with Gasteiger partial charge in [-0.25, -0.2) is 4.98 Å². The molecule has 1 aromatic heterocycles. The van der Waals surface area contributed by atoms with Crippen LogP contribution in [0.2, 0.25) is 0 Å². The fraction of sp³-hybridized carbons (Fsp3) is 0.222. The van der Waals surface area contributed by atoms with Gasteiger partial charge in [0.1, 0.15) is 11.6 Å². The van der Waals surface area contributed by atoms with Crippen molar-refractivity contribution in [2.75, 3.05) is 6.61 Å². The van der Waals surface area contributed by atoms with Gasteiger partial charge in [-0.15, -0.1) is 11.3 Å². The minimum absolute atomic E-state index is 0.160. The van der Waals surface area contributed by atoms with E-state index in [1.165, 1.54) is 11.3 Å². The Kier molecular flexibility index (Phi) is 5.53. The second kappa shape index (κ2) is 7.84. The Morgan fingerprint density at radius 1 is 1.12 bits per heavy atom. The Morgan fingerprint density at radius 3 is 2.54 bits per heavy atom. The van der Waals surface area contributed by atoms with Gasteiger partial charge in [-0.1, -0.05) is 24.3 Å². The molecule has 1 amide bonds. The largest absolute Gasteiger partial charge is 0.411 e. The number of fused-ring (bicyclic) bond motifs is 1. The number of halogens is 3. The molecule has 4 nitrogen and oxygen atoms in total. The first-order valence-corrected chi connectivity index (χ1v) is 8.58. The normalized spacial score (nSPS) is 11.7. The predicted molar refractivity (Wildman–Crippen MR) is 92.9 cm³/mol. The lowest BCUT2D eigenvalue weighted by Gasteiger charge is -2.08. The number of carbonyl (C=O) groups is 1. The van der Waals surface area contributed by atoms with Crippen LogP contribution in [0.4, 0.5) is 13.2 Å². The summed E-state index contributed by atoms with van der Waals surface area (Å²) in [5, 5.41) is 3.59. The number of benzene rings is 2. The zero-order chi connectivity index (χ0) is 18.6. The molecule has 0 aliphatic carbocycles. The number of hydrogen-bond acceptors (Lipinski definition) is 4. The van der Waals surface area contributed by atoms with Crippen LogP contribution in [0.15, 0.2) is 48.5 Å². The molecule has 26 heavy (non-hydrogen) atoms. The van der Waals surface area contributed by atoms with E-state index in [9.17, 15) is 18.0 Å². The summed E-state index contributed by atoms with van der Waals surface area (Å²) in [5.74, 6) is -0.271. The van der Waals surface area contributed by atoms with Crippen molar-refractivity contribution < 1.29 is 22.7 Å². The maximum Gasteiger partial charge on any atom is 0.411 e. The quantitative estimate of drug-likeness (QED) is 0.694. The van der Waals surface area contributed by atoms with Crippen molar-refractivity contribution in [1.29, 1.82) is 0 Å². The van der Waals surface area contributed by atoms with Crippen LogP contribution in [0.25, 0.3) is 10.2 Å². The van der Waals surface area contributed by atoms with Crippen LogP contribution in [0.1, 0.15) is 20.9 Å². The van der Waals surface area contributed by atoms with Crippen molar-refractivity contribution in [1.82, 2.24) is 10.3 Å². The summed E-state index contributed by atoms with van der Waals surface area (Å²) in [4.78, 5) is 16.6. The van der Waals surface area contributed by atoms with Crippen LogP contribution in [0.5, 0.6) is 0 Å². The number of aromatic nitrogens is 1. The molecule has 3 rings (SSSR count). The Bertz CT molecular complexity index is 858. The molecule has 8 heteroatoms.